The van der Waals surface area contributed by atoms with Crippen LogP contribution in [0.3, 0.4) is 0 Å². The van der Waals surface area contributed by atoms with Crippen molar-refractivity contribution in [3.8, 4) is 0 Å². The molecule has 0 atom stereocenters. The first kappa shape index (κ1) is 20.5. The van der Waals surface area contributed by atoms with E-state index < -0.39 is 29.0 Å². The molecule has 0 spiro atoms. The summed E-state index contributed by atoms with van der Waals surface area (Å²) in [5.41, 5.74) is -0.543. The molecule has 2 aliphatic rings. The fraction of sp³-hybridized carbons (Fsp3) is 0.600. The van der Waals surface area contributed by atoms with Gasteiger partial charge in [-0.2, -0.15) is 13.2 Å². The minimum atomic E-state index is -4.40. The molecule has 8 heteroatoms. The lowest BCUT2D eigenvalue weighted by Crippen LogP contribution is -2.48. The van der Waals surface area contributed by atoms with Crippen molar-refractivity contribution in [2.45, 2.75) is 50.1 Å². The third-order valence-corrected chi connectivity index (χ3v) is 6.07. The number of carboxylic acids is 1. The molecule has 2 fully saturated rings. The van der Waals surface area contributed by atoms with Crippen LogP contribution in [0.4, 0.5) is 18.0 Å². The quantitative estimate of drug-likeness (QED) is 0.805. The molecule has 3 rings (SSSR count). The van der Waals surface area contributed by atoms with Crippen molar-refractivity contribution in [3.05, 3.63) is 35.4 Å². The van der Waals surface area contributed by atoms with E-state index in [1.54, 1.807) is 11.0 Å². The zero-order valence-corrected chi connectivity index (χ0v) is 15.6. The van der Waals surface area contributed by atoms with Gasteiger partial charge >= 0.3 is 18.2 Å². The SMILES string of the molecule is O=C(O)C1CCN(C(=O)NCC2(c3cccc(C(F)(F)F)c3)CCCC2)CC1. The monoisotopic (exact) mass is 398 g/mol. The normalized spacial score (nSPS) is 20.2. The zero-order chi connectivity index (χ0) is 20.4. The van der Waals surface area contributed by atoms with Gasteiger partial charge in [0.1, 0.15) is 0 Å². The van der Waals surface area contributed by atoms with Gasteiger partial charge in [-0.05, 0) is 37.3 Å². The predicted octanol–water partition coefficient (Wildman–Crippen LogP) is 4.02. The lowest BCUT2D eigenvalue weighted by atomic mass is 9.78. The van der Waals surface area contributed by atoms with E-state index in [9.17, 15) is 22.8 Å². The van der Waals surface area contributed by atoms with Crippen LogP contribution in [0.15, 0.2) is 24.3 Å². The van der Waals surface area contributed by atoms with Gasteiger partial charge in [0.25, 0.3) is 0 Å². The smallest absolute Gasteiger partial charge is 0.416 e. The molecule has 0 bridgehead atoms. The van der Waals surface area contributed by atoms with Gasteiger partial charge < -0.3 is 15.3 Å². The Morgan fingerprint density at radius 3 is 2.39 bits per heavy atom. The Balaban J connectivity index is 1.67. The van der Waals surface area contributed by atoms with Gasteiger partial charge in [0.2, 0.25) is 0 Å². The summed E-state index contributed by atoms with van der Waals surface area (Å²) in [5.74, 6) is -1.26. The van der Waals surface area contributed by atoms with Crippen LogP contribution in [-0.4, -0.2) is 41.6 Å². The maximum Gasteiger partial charge on any atom is 0.416 e. The lowest BCUT2D eigenvalue weighted by Gasteiger charge is -2.34. The van der Waals surface area contributed by atoms with Crippen LogP contribution in [0.1, 0.15) is 49.7 Å². The highest BCUT2D eigenvalue weighted by Crippen LogP contribution is 2.42. The number of amides is 2. The number of hydrogen-bond donors (Lipinski definition) is 2. The highest BCUT2D eigenvalue weighted by Gasteiger charge is 2.39. The second-order valence-corrected chi connectivity index (χ2v) is 7.82. The molecule has 2 amide bonds. The Kier molecular flexibility index (Phi) is 5.86. The van der Waals surface area contributed by atoms with E-state index in [2.05, 4.69) is 5.32 Å². The third-order valence-electron chi connectivity index (χ3n) is 6.07. The number of hydrogen-bond acceptors (Lipinski definition) is 2. The number of nitrogens with zero attached hydrogens (tertiary/aromatic N) is 1. The number of nitrogens with one attached hydrogen (secondary N) is 1. The van der Waals surface area contributed by atoms with E-state index in [4.69, 9.17) is 5.11 Å². The Labute approximate surface area is 161 Å². The van der Waals surface area contributed by atoms with E-state index >= 15 is 0 Å². The number of benzene rings is 1. The average Bonchev–Trinajstić information content (AvgIpc) is 3.16. The van der Waals surface area contributed by atoms with Gasteiger partial charge in [-0.25, -0.2) is 4.79 Å². The van der Waals surface area contributed by atoms with Crippen molar-refractivity contribution >= 4 is 12.0 Å². The highest BCUT2D eigenvalue weighted by atomic mass is 19.4. The summed E-state index contributed by atoms with van der Waals surface area (Å²) in [5, 5.41) is 11.9. The Morgan fingerprint density at radius 1 is 1.18 bits per heavy atom. The second-order valence-electron chi connectivity index (χ2n) is 7.82. The average molecular weight is 398 g/mol. The maximum absolute atomic E-state index is 13.1. The van der Waals surface area contributed by atoms with Gasteiger partial charge in [-0.3, -0.25) is 4.79 Å². The first-order valence-electron chi connectivity index (χ1n) is 9.65. The van der Waals surface area contributed by atoms with Gasteiger partial charge in [-0.15, -0.1) is 0 Å². The molecule has 1 aromatic rings. The van der Waals surface area contributed by atoms with Crippen molar-refractivity contribution in [2.24, 2.45) is 5.92 Å². The molecule has 1 saturated carbocycles. The largest absolute Gasteiger partial charge is 0.481 e. The van der Waals surface area contributed by atoms with Crippen molar-refractivity contribution in [1.29, 1.82) is 0 Å². The summed E-state index contributed by atoms with van der Waals surface area (Å²) < 4.78 is 39.3. The van der Waals surface area contributed by atoms with E-state index in [1.165, 1.54) is 12.1 Å². The zero-order valence-electron chi connectivity index (χ0n) is 15.6. The standard InChI is InChI=1S/C20H25F3N2O3/c21-20(22,23)16-5-3-4-15(12-16)19(8-1-2-9-19)13-24-18(28)25-10-6-14(7-11-25)17(26)27/h3-5,12,14H,1-2,6-11,13H2,(H,24,28)(H,26,27). The summed E-state index contributed by atoms with van der Waals surface area (Å²) in [6.45, 7) is 1.03. The Bertz CT molecular complexity index is 722. The van der Waals surface area contributed by atoms with Crippen LogP contribution >= 0.6 is 0 Å². The highest BCUT2D eigenvalue weighted by molar-refractivity contribution is 5.75. The Hall–Kier alpha value is -2.25. The predicted molar refractivity (Wildman–Crippen MR) is 96.9 cm³/mol. The number of alkyl halides is 3. The van der Waals surface area contributed by atoms with E-state index in [-0.39, 0.29) is 12.6 Å². The van der Waals surface area contributed by atoms with Crippen LogP contribution in [0.5, 0.6) is 0 Å². The third kappa shape index (κ3) is 4.42. The number of rotatable bonds is 4. The van der Waals surface area contributed by atoms with Crippen LogP contribution < -0.4 is 5.32 Å². The Morgan fingerprint density at radius 2 is 1.82 bits per heavy atom. The van der Waals surface area contributed by atoms with Crippen molar-refractivity contribution in [1.82, 2.24) is 10.2 Å². The summed E-state index contributed by atoms with van der Waals surface area (Å²) in [4.78, 5) is 25.1. The minimum Gasteiger partial charge on any atom is -0.481 e. The fourth-order valence-electron chi connectivity index (χ4n) is 4.33. The molecule has 5 nitrogen and oxygen atoms in total. The van der Waals surface area contributed by atoms with Gasteiger partial charge in [-0.1, -0.05) is 31.0 Å². The van der Waals surface area contributed by atoms with Crippen LogP contribution in [-0.2, 0) is 16.4 Å². The maximum atomic E-state index is 13.1. The fourth-order valence-corrected chi connectivity index (χ4v) is 4.33. The molecule has 1 aliphatic carbocycles. The molecule has 0 aromatic heterocycles. The van der Waals surface area contributed by atoms with Gasteiger partial charge in [0, 0.05) is 25.0 Å². The summed E-state index contributed by atoms with van der Waals surface area (Å²) >= 11 is 0. The van der Waals surface area contributed by atoms with Crippen LogP contribution in [0.2, 0.25) is 0 Å². The minimum absolute atomic E-state index is 0.276. The van der Waals surface area contributed by atoms with Crippen LogP contribution in [0, 0.1) is 5.92 Å². The van der Waals surface area contributed by atoms with Gasteiger partial charge in [0.05, 0.1) is 11.5 Å². The molecule has 0 unspecified atom stereocenters. The molecule has 1 aliphatic heterocycles. The summed E-state index contributed by atoms with van der Waals surface area (Å²) in [6, 6.07) is 5.14. The number of carbonyl (C=O) groups excluding carboxylic acids is 1. The number of urea groups is 1. The molecule has 154 valence electrons. The molecular weight excluding hydrogens is 373 g/mol. The number of halogens is 3. The number of aliphatic carboxylic acids is 1. The van der Waals surface area contributed by atoms with Crippen LogP contribution in [0.25, 0.3) is 0 Å². The molecule has 2 N–H and O–H groups in total. The number of piperidine rings is 1. The van der Waals surface area contributed by atoms with E-state index in [0.29, 0.717) is 31.5 Å². The van der Waals surface area contributed by atoms with Crippen molar-refractivity contribution in [3.63, 3.8) is 0 Å². The van der Waals surface area contributed by atoms with Gasteiger partial charge in [0.15, 0.2) is 0 Å². The summed E-state index contributed by atoms with van der Waals surface area (Å²) in [6.07, 6.45) is -0.270. The van der Waals surface area contributed by atoms with E-state index in [0.717, 1.165) is 31.7 Å². The topological polar surface area (TPSA) is 69.6 Å². The number of carbonyl (C=O) groups is 2. The van der Waals surface area contributed by atoms with Crippen molar-refractivity contribution in [2.75, 3.05) is 19.6 Å². The number of carboxylic acid groups (broad SMARTS) is 1. The molecule has 1 saturated heterocycles. The second kappa shape index (κ2) is 8.01. The number of likely N-dealkylation sites (tertiary alicyclic amines) is 1. The first-order valence-corrected chi connectivity index (χ1v) is 9.65. The molecule has 1 heterocycles. The molecule has 28 heavy (non-hydrogen) atoms. The van der Waals surface area contributed by atoms with E-state index in [1.807, 2.05) is 0 Å². The molecule has 1 aromatic carbocycles. The molecular formula is C20H25F3N2O3. The summed E-state index contributed by atoms with van der Waals surface area (Å²) in [7, 11) is 0. The van der Waals surface area contributed by atoms with Crippen molar-refractivity contribution < 1.29 is 27.9 Å². The lowest BCUT2D eigenvalue weighted by molar-refractivity contribution is -0.143. The molecule has 0 radical (unpaired) electrons. The first-order chi connectivity index (χ1) is 13.2.